The lowest BCUT2D eigenvalue weighted by Crippen LogP contribution is -2.20. The van der Waals surface area contributed by atoms with E-state index in [4.69, 9.17) is 21.1 Å². The molecule has 160 valence electrons. The summed E-state index contributed by atoms with van der Waals surface area (Å²) in [4.78, 5) is 13.3. The van der Waals surface area contributed by atoms with Gasteiger partial charge in [-0.2, -0.15) is 5.10 Å². The molecule has 0 unspecified atom stereocenters. The molecule has 8 nitrogen and oxygen atoms in total. The predicted octanol–water partition coefficient (Wildman–Crippen LogP) is 4.07. The lowest BCUT2D eigenvalue weighted by molar-refractivity contribution is 0.393. The molecule has 5 rings (SSSR count). The summed E-state index contributed by atoms with van der Waals surface area (Å²) in [6.45, 7) is 1.89. The summed E-state index contributed by atoms with van der Waals surface area (Å²) in [6.07, 6.45) is 1.67. The van der Waals surface area contributed by atoms with Crippen molar-refractivity contribution in [1.82, 2.24) is 24.4 Å². The quantitative estimate of drug-likeness (QED) is 0.413. The van der Waals surface area contributed by atoms with E-state index in [0.29, 0.717) is 33.4 Å². The van der Waals surface area contributed by atoms with E-state index in [2.05, 4.69) is 15.3 Å². The normalized spacial score (nSPS) is 11.2. The number of hydrogen-bond donors (Lipinski definition) is 0. The van der Waals surface area contributed by atoms with Crippen LogP contribution in [-0.4, -0.2) is 38.6 Å². The Balaban J connectivity index is 1.74. The van der Waals surface area contributed by atoms with Crippen molar-refractivity contribution in [3.05, 3.63) is 75.8 Å². The molecular weight excluding hydrogens is 430 g/mol. The largest absolute Gasteiger partial charge is 0.497 e. The first-order valence-corrected chi connectivity index (χ1v) is 10.2. The van der Waals surface area contributed by atoms with Gasteiger partial charge in [0.25, 0.3) is 5.56 Å². The summed E-state index contributed by atoms with van der Waals surface area (Å²) < 4.78 is 13.8. The van der Waals surface area contributed by atoms with Gasteiger partial charge in [0.15, 0.2) is 11.2 Å². The number of nitrogens with zero attached hydrogens (tertiary/aromatic N) is 5. The van der Waals surface area contributed by atoms with Gasteiger partial charge in [-0.25, -0.2) is 4.52 Å². The Morgan fingerprint density at radius 3 is 2.59 bits per heavy atom. The van der Waals surface area contributed by atoms with Crippen LogP contribution in [0.4, 0.5) is 0 Å². The van der Waals surface area contributed by atoms with Gasteiger partial charge in [0.05, 0.1) is 31.2 Å². The highest BCUT2D eigenvalue weighted by atomic mass is 35.5. The first-order chi connectivity index (χ1) is 15.5. The van der Waals surface area contributed by atoms with E-state index in [1.807, 2.05) is 31.2 Å². The third kappa shape index (κ3) is 3.07. The van der Waals surface area contributed by atoms with E-state index in [1.54, 1.807) is 42.1 Å². The summed E-state index contributed by atoms with van der Waals surface area (Å²) in [5.74, 6) is 1.12. The molecule has 0 spiro atoms. The third-order valence-corrected chi connectivity index (χ3v) is 5.55. The molecule has 0 N–H and O–H groups in total. The highest BCUT2D eigenvalue weighted by Crippen LogP contribution is 2.30. The van der Waals surface area contributed by atoms with Crippen molar-refractivity contribution in [1.29, 1.82) is 0 Å². The van der Waals surface area contributed by atoms with Crippen molar-refractivity contribution in [3.8, 4) is 28.3 Å². The van der Waals surface area contributed by atoms with Crippen LogP contribution >= 0.6 is 11.6 Å². The molecule has 0 radical (unpaired) electrons. The Kier molecular flexibility index (Phi) is 4.79. The van der Waals surface area contributed by atoms with Gasteiger partial charge in [0, 0.05) is 17.3 Å². The van der Waals surface area contributed by atoms with Gasteiger partial charge < -0.3 is 9.47 Å². The molecule has 0 saturated carbocycles. The van der Waals surface area contributed by atoms with Gasteiger partial charge in [0.2, 0.25) is 0 Å². The predicted molar refractivity (Wildman–Crippen MR) is 122 cm³/mol. The van der Waals surface area contributed by atoms with Gasteiger partial charge >= 0.3 is 0 Å². The Morgan fingerprint density at radius 2 is 1.84 bits per heavy atom. The Morgan fingerprint density at radius 1 is 1.00 bits per heavy atom. The van der Waals surface area contributed by atoms with Gasteiger partial charge in [-0.1, -0.05) is 23.7 Å². The molecule has 0 aliphatic carbocycles. The number of rotatable bonds is 4. The summed E-state index contributed by atoms with van der Waals surface area (Å²) in [5, 5.41) is 13.9. The Bertz CT molecular complexity index is 1560. The average molecular weight is 448 g/mol. The van der Waals surface area contributed by atoms with Crippen LogP contribution < -0.4 is 15.0 Å². The fraction of sp³-hybridized carbons (Fsp3) is 0.130. The molecule has 9 heteroatoms. The van der Waals surface area contributed by atoms with Gasteiger partial charge in [0.1, 0.15) is 17.0 Å². The maximum absolute atomic E-state index is 13.3. The number of methoxy groups -OCH3 is 2. The summed E-state index contributed by atoms with van der Waals surface area (Å²) in [7, 11) is 3.11. The van der Waals surface area contributed by atoms with E-state index in [-0.39, 0.29) is 11.1 Å². The molecule has 2 aromatic carbocycles. The van der Waals surface area contributed by atoms with E-state index >= 15 is 0 Å². The minimum atomic E-state index is -0.335. The van der Waals surface area contributed by atoms with Crippen LogP contribution in [0.25, 0.3) is 33.5 Å². The van der Waals surface area contributed by atoms with Crippen LogP contribution in [-0.2, 0) is 0 Å². The van der Waals surface area contributed by atoms with Crippen molar-refractivity contribution >= 4 is 28.3 Å². The van der Waals surface area contributed by atoms with E-state index in [0.717, 1.165) is 16.8 Å². The molecule has 5 aromatic rings. The second-order valence-corrected chi connectivity index (χ2v) is 7.61. The first kappa shape index (κ1) is 20.0. The second kappa shape index (κ2) is 7.65. The number of hydrogen-bond acceptors (Lipinski definition) is 6. The van der Waals surface area contributed by atoms with E-state index in [1.165, 1.54) is 11.7 Å². The van der Waals surface area contributed by atoms with E-state index < -0.39 is 0 Å². The number of benzene rings is 2. The van der Waals surface area contributed by atoms with E-state index in [9.17, 15) is 4.79 Å². The van der Waals surface area contributed by atoms with Crippen molar-refractivity contribution in [2.24, 2.45) is 0 Å². The number of pyridine rings is 1. The van der Waals surface area contributed by atoms with Crippen LogP contribution in [0, 0.1) is 6.92 Å². The molecule has 0 saturated heterocycles. The highest BCUT2D eigenvalue weighted by molar-refractivity contribution is 6.30. The minimum absolute atomic E-state index is 0.193. The molecule has 3 heterocycles. The Labute approximate surface area is 187 Å². The first-order valence-electron chi connectivity index (χ1n) is 9.77. The fourth-order valence-electron chi connectivity index (χ4n) is 3.81. The molecule has 0 aliphatic rings. The van der Waals surface area contributed by atoms with Crippen LogP contribution in [0.15, 0.2) is 59.5 Å². The maximum atomic E-state index is 13.3. The zero-order valence-corrected chi connectivity index (χ0v) is 18.3. The standard InChI is InChI=1S/C23H18ClN5O3/c1-13-20(14-5-4-6-15(24)11-14)22-26-25-21-18(29(22)27-13)9-10-28(23(21)30)17-8-7-16(31-2)12-19(17)32-3/h4-12H,1-3H3. The van der Waals surface area contributed by atoms with Crippen LogP contribution in [0.2, 0.25) is 5.02 Å². The molecule has 0 amide bonds. The number of fused-ring (bicyclic) bond motifs is 3. The number of aryl methyl sites for hydroxylation is 1. The fourth-order valence-corrected chi connectivity index (χ4v) is 4.00. The molecule has 0 fully saturated rings. The second-order valence-electron chi connectivity index (χ2n) is 7.17. The van der Waals surface area contributed by atoms with Gasteiger partial charge in [-0.15, -0.1) is 10.2 Å². The van der Waals surface area contributed by atoms with Crippen LogP contribution in [0.5, 0.6) is 11.5 Å². The van der Waals surface area contributed by atoms with Gasteiger partial charge in [-0.05, 0) is 42.8 Å². The third-order valence-electron chi connectivity index (χ3n) is 5.31. The smallest absolute Gasteiger partial charge is 0.285 e. The lowest BCUT2D eigenvalue weighted by Gasteiger charge is -2.13. The molecule has 3 aromatic heterocycles. The number of aromatic nitrogens is 5. The lowest BCUT2D eigenvalue weighted by atomic mass is 10.1. The van der Waals surface area contributed by atoms with Crippen molar-refractivity contribution in [3.63, 3.8) is 0 Å². The summed E-state index contributed by atoms with van der Waals surface area (Å²) in [6, 6.07) is 14.5. The SMILES string of the molecule is COc1ccc(-n2ccc3c(nnc4c(-c5cccc(Cl)c5)c(C)nn43)c2=O)c(OC)c1. The zero-order valence-electron chi connectivity index (χ0n) is 17.5. The number of ether oxygens (including phenoxy) is 2. The number of halogens is 1. The monoisotopic (exact) mass is 447 g/mol. The molecule has 0 bridgehead atoms. The topological polar surface area (TPSA) is 83.5 Å². The summed E-state index contributed by atoms with van der Waals surface area (Å²) in [5.41, 5.74) is 4.00. The molecule has 32 heavy (non-hydrogen) atoms. The van der Waals surface area contributed by atoms with Crippen molar-refractivity contribution in [2.45, 2.75) is 6.92 Å². The minimum Gasteiger partial charge on any atom is -0.497 e. The zero-order chi connectivity index (χ0) is 22.4. The van der Waals surface area contributed by atoms with Gasteiger partial charge in [-0.3, -0.25) is 9.36 Å². The maximum Gasteiger partial charge on any atom is 0.285 e. The Hall–Kier alpha value is -3.91. The highest BCUT2D eigenvalue weighted by Gasteiger charge is 2.19. The molecule has 0 aliphatic heterocycles. The van der Waals surface area contributed by atoms with Crippen LogP contribution in [0.3, 0.4) is 0 Å². The molecule has 0 atom stereocenters. The summed E-state index contributed by atoms with van der Waals surface area (Å²) >= 11 is 6.18. The molecular formula is C23H18ClN5O3. The van der Waals surface area contributed by atoms with Crippen molar-refractivity contribution < 1.29 is 9.47 Å². The van der Waals surface area contributed by atoms with Crippen molar-refractivity contribution in [2.75, 3.05) is 14.2 Å². The average Bonchev–Trinajstić information content (AvgIpc) is 3.15. The van der Waals surface area contributed by atoms with Crippen LogP contribution in [0.1, 0.15) is 5.69 Å².